The van der Waals surface area contributed by atoms with Gasteiger partial charge in [0.05, 0.1) is 17.3 Å². The average Bonchev–Trinajstić information content (AvgIpc) is 2.55. The van der Waals surface area contributed by atoms with Crippen LogP contribution in [0, 0.1) is 0 Å². The Balaban J connectivity index is 1.93. The van der Waals surface area contributed by atoms with Gasteiger partial charge in [0.1, 0.15) is 5.75 Å². The highest BCUT2D eigenvalue weighted by Gasteiger charge is 2.09. The van der Waals surface area contributed by atoms with Crippen LogP contribution >= 0.6 is 23.2 Å². The van der Waals surface area contributed by atoms with Gasteiger partial charge in [-0.3, -0.25) is 9.59 Å². The standard InChI is InChI=1S/C17H15Cl2NO4/c18-12-5-8-14(19)15(10-12)20-17(23)11-3-6-13(7-4-11)24-9-1-2-16(21)22/h3-8,10H,1-2,9H2,(H,20,23)(H,21,22). The van der Waals surface area contributed by atoms with Crippen LogP contribution in [0.2, 0.25) is 10.0 Å². The third-order valence-electron chi connectivity index (χ3n) is 3.10. The van der Waals surface area contributed by atoms with Gasteiger partial charge in [-0.2, -0.15) is 0 Å². The van der Waals surface area contributed by atoms with E-state index in [4.69, 9.17) is 33.0 Å². The minimum absolute atomic E-state index is 0.0564. The van der Waals surface area contributed by atoms with E-state index in [0.717, 1.165) is 0 Å². The van der Waals surface area contributed by atoms with E-state index < -0.39 is 5.97 Å². The molecule has 0 aliphatic heterocycles. The third-order valence-corrected chi connectivity index (χ3v) is 3.66. The minimum atomic E-state index is -0.856. The molecule has 2 aromatic rings. The minimum Gasteiger partial charge on any atom is -0.494 e. The molecule has 2 rings (SSSR count). The van der Waals surface area contributed by atoms with Gasteiger partial charge in [0.15, 0.2) is 0 Å². The predicted molar refractivity (Wildman–Crippen MR) is 93.2 cm³/mol. The molecular weight excluding hydrogens is 353 g/mol. The predicted octanol–water partition coefficient (Wildman–Crippen LogP) is 4.49. The SMILES string of the molecule is O=C(O)CCCOc1ccc(C(=O)Nc2cc(Cl)ccc2Cl)cc1. The number of hydrogen-bond acceptors (Lipinski definition) is 3. The molecule has 0 unspecified atom stereocenters. The van der Waals surface area contributed by atoms with Crippen molar-refractivity contribution in [2.45, 2.75) is 12.8 Å². The lowest BCUT2D eigenvalue weighted by molar-refractivity contribution is -0.137. The number of carboxylic acids is 1. The number of anilines is 1. The zero-order valence-electron chi connectivity index (χ0n) is 12.6. The summed E-state index contributed by atoms with van der Waals surface area (Å²) in [6.07, 6.45) is 0.478. The third kappa shape index (κ3) is 5.44. The summed E-state index contributed by atoms with van der Waals surface area (Å²) in [5, 5.41) is 12.1. The number of carboxylic acid groups (broad SMARTS) is 1. The average molecular weight is 368 g/mol. The van der Waals surface area contributed by atoms with E-state index in [0.29, 0.717) is 40.1 Å². The van der Waals surface area contributed by atoms with E-state index in [1.54, 1.807) is 42.5 Å². The Labute approximate surface area is 149 Å². The number of halogens is 2. The van der Waals surface area contributed by atoms with Crippen molar-refractivity contribution in [3.8, 4) is 5.75 Å². The molecule has 5 nitrogen and oxygen atoms in total. The molecular formula is C17H15Cl2NO4. The van der Waals surface area contributed by atoms with Crippen molar-refractivity contribution in [1.29, 1.82) is 0 Å². The summed E-state index contributed by atoms with van der Waals surface area (Å²) in [5.74, 6) is -0.611. The van der Waals surface area contributed by atoms with E-state index in [9.17, 15) is 9.59 Å². The Kier molecular flexibility index (Phi) is 6.46. The number of aliphatic carboxylic acids is 1. The maximum Gasteiger partial charge on any atom is 0.303 e. The Hall–Kier alpha value is -2.24. The molecule has 0 bridgehead atoms. The highest BCUT2D eigenvalue weighted by molar-refractivity contribution is 6.35. The number of ether oxygens (including phenoxy) is 1. The highest BCUT2D eigenvalue weighted by Crippen LogP contribution is 2.26. The lowest BCUT2D eigenvalue weighted by Gasteiger charge is -2.09. The lowest BCUT2D eigenvalue weighted by atomic mass is 10.2. The van der Waals surface area contributed by atoms with Crippen LogP contribution in [0.15, 0.2) is 42.5 Å². The van der Waals surface area contributed by atoms with Crippen LogP contribution in [-0.4, -0.2) is 23.6 Å². The van der Waals surface area contributed by atoms with E-state index in [2.05, 4.69) is 5.32 Å². The molecule has 0 spiro atoms. The number of carbonyl (C=O) groups excluding carboxylic acids is 1. The fourth-order valence-electron chi connectivity index (χ4n) is 1.90. The smallest absolute Gasteiger partial charge is 0.303 e. The van der Waals surface area contributed by atoms with Crippen LogP contribution in [0.3, 0.4) is 0 Å². The summed E-state index contributed by atoms with van der Waals surface area (Å²) in [4.78, 5) is 22.6. The summed E-state index contributed by atoms with van der Waals surface area (Å²) >= 11 is 11.9. The molecule has 126 valence electrons. The van der Waals surface area contributed by atoms with Gasteiger partial charge in [-0.15, -0.1) is 0 Å². The number of nitrogens with one attached hydrogen (secondary N) is 1. The second-order valence-corrected chi connectivity index (χ2v) is 5.79. The lowest BCUT2D eigenvalue weighted by Crippen LogP contribution is -2.12. The van der Waals surface area contributed by atoms with Crippen molar-refractivity contribution in [2.75, 3.05) is 11.9 Å². The van der Waals surface area contributed by atoms with E-state index in [1.165, 1.54) is 0 Å². The maximum atomic E-state index is 12.2. The molecule has 24 heavy (non-hydrogen) atoms. The highest BCUT2D eigenvalue weighted by atomic mass is 35.5. The Morgan fingerprint density at radius 1 is 1.08 bits per heavy atom. The molecule has 7 heteroatoms. The zero-order chi connectivity index (χ0) is 17.5. The van der Waals surface area contributed by atoms with Crippen molar-refractivity contribution < 1.29 is 19.4 Å². The van der Waals surface area contributed by atoms with Crippen molar-refractivity contribution in [2.24, 2.45) is 0 Å². The number of carbonyl (C=O) groups is 2. The first-order valence-electron chi connectivity index (χ1n) is 7.17. The van der Waals surface area contributed by atoms with Gasteiger partial charge >= 0.3 is 5.97 Å². The van der Waals surface area contributed by atoms with Crippen LogP contribution in [0.1, 0.15) is 23.2 Å². The Morgan fingerprint density at radius 2 is 1.79 bits per heavy atom. The molecule has 0 aliphatic carbocycles. The van der Waals surface area contributed by atoms with Gasteiger partial charge in [0, 0.05) is 17.0 Å². The number of amides is 1. The molecule has 0 saturated carbocycles. The quantitative estimate of drug-likeness (QED) is 0.706. The first-order valence-corrected chi connectivity index (χ1v) is 7.92. The first kappa shape index (κ1) is 18.1. The van der Waals surface area contributed by atoms with Crippen molar-refractivity contribution in [1.82, 2.24) is 0 Å². The molecule has 1 amide bonds. The van der Waals surface area contributed by atoms with Gasteiger partial charge in [0.2, 0.25) is 0 Å². The molecule has 0 aromatic heterocycles. The van der Waals surface area contributed by atoms with Gasteiger partial charge in [-0.05, 0) is 48.9 Å². The van der Waals surface area contributed by atoms with Gasteiger partial charge in [-0.1, -0.05) is 23.2 Å². The molecule has 0 heterocycles. The molecule has 0 aliphatic rings. The molecule has 2 aromatic carbocycles. The van der Waals surface area contributed by atoms with Crippen LogP contribution in [-0.2, 0) is 4.79 Å². The van der Waals surface area contributed by atoms with Gasteiger partial charge in [0.25, 0.3) is 5.91 Å². The molecule has 0 atom stereocenters. The number of benzene rings is 2. The molecule has 0 radical (unpaired) electrons. The molecule has 0 saturated heterocycles. The summed E-state index contributed by atoms with van der Waals surface area (Å²) < 4.78 is 5.41. The van der Waals surface area contributed by atoms with Crippen molar-refractivity contribution in [3.63, 3.8) is 0 Å². The van der Waals surface area contributed by atoms with Crippen LogP contribution in [0.25, 0.3) is 0 Å². The van der Waals surface area contributed by atoms with Crippen LogP contribution < -0.4 is 10.1 Å². The Morgan fingerprint density at radius 3 is 2.46 bits per heavy atom. The van der Waals surface area contributed by atoms with Gasteiger partial charge < -0.3 is 15.2 Å². The molecule has 0 fully saturated rings. The summed E-state index contributed by atoms with van der Waals surface area (Å²) in [5.41, 5.74) is 0.868. The van der Waals surface area contributed by atoms with E-state index in [-0.39, 0.29) is 12.3 Å². The van der Waals surface area contributed by atoms with Gasteiger partial charge in [-0.25, -0.2) is 0 Å². The number of rotatable bonds is 7. The zero-order valence-corrected chi connectivity index (χ0v) is 14.1. The van der Waals surface area contributed by atoms with Crippen LogP contribution in [0.5, 0.6) is 5.75 Å². The topological polar surface area (TPSA) is 75.6 Å². The van der Waals surface area contributed by atoms with Crippen LogP contribution in [0.4, 0.5) is 5.69 Å². The summed E-state index contributed by atoms with van der Waals surface area (Å²) in [6.45, 7) is 0.302. The summed E-state index contributed by atoms with van der Waals surface area (Å²) in [6, 6.07) is 11.3. The fourth-order valence-corrected chi connectivity index (χ4v) is 2.24. The normalized spacial score (nSPS) is 10.2. The maximum absolute atomic E-state index is 12.2. The second kappa shape index (κ2) is 8.57. The van der Waals surface area contributed by atoms with E-state index in [1.807, 2.05) is 0 Å². The Bertz CT molecular complexity index is 732. The number of hydrogen-bond donors (Lipinski definition) is 2. The second-order valence-electron chi connectivity index (χ2n) is 4.95. The van der Waals surface area contributed by atoms with Crippen molar-refractivity contribution in [3.05, 3.63) is 58.1 Å². The monoisotopic (exact) mass is 367 g/mol. The summed E-state index contributed by atoms with van der Waals surface area (Å²) in [7, 11) is 0. The molecule has 2 N–H and O–H groups in total. The van der Waals surface area contributed by atoms with Crippen molar-refractivity contribution >= 4 is 40.8 Å². The largest absolute Gasteiger partial charge is 0.494 e. The van der Waals surface area contributed by atoms with E-state index >= 15 is 0 Å². The first-order chi connectivity index (χ1) is 11.5. The fraction of sp³-hybridized carbons (Fsp3) is 0.176.